The molecular formula is C10H9F4NO3. The Labute approximate surface area is 98.6 Å². The molecule has 0 amide bonds. The molecule has 1 aromatic rings. The van der Waals surface area contributed by atoms with Crippen molar-refractivity contribution in [1.29, 1.82) is 0 Å². The van der Waals surface area contributed by atoms with Crippen LogP contribution in [0, 0.1) is 5.82 Å². The quantitative estimate of drug-likeness (QED) is 0.720. The van der Waals surface area contributed by atoms with Crippen LogP contribution in [0.2, 0.25) is 0 Å². The van der Waals surface area contributed by atoms with Crippen molar-refractivity contribution in [3.63, 3.8) is 0 Å². The van der Waals surface area contributed by atoms with E-state index < -0.39 is 35.7 Å². The zero-order valence-corrected chi connectivity index (χ0v) is 8.78. The lowest BCUT2D eigenvalue weighted by Gasteiger charge is -2.16. The maximum atomic E-state index is 13.2. The molecule has 0 aliphatic carbocycles. The predicted octanol–water partition coefficient (Wildman–Crippen LogP) is 1.29. The molecule has 2 atom stereocenters. The second kappa shape index (κ2) is 4.91. The molecule has 0 radical (unpaired) electrons. The third-order valence-corrected chi connectivity index (χ3v) is 2.27. The maximum Gasteiger partial charge on any atom is 0.419 e. The van der Waals surface area contributed by atoms with E-state index in [1.165, 1.54) is 0 Å². The van der Waals surface area contributed by atoms with Crippen LogP contribution in [0.25, 0.3) is 0 Å². The molecule has 2 unspecified atom stereocenters. The molecule has 0 aromatic heterocycles. The number of carboxylic acids is 1. The van der Waals surface area contributed by atoms with E-state index in [0.717, 1.165) is 6.07 Å². The first-order valence-corrected chi connectivity index (χ1v) is 4.67. The summed E-state index contributed by atoms with van der Waals surface area (Å²) in [5, 5.41) is 17.9. The first-order valence-electron chi connectivity index (χ1n) is 4.67. The zero-order valence-electron chi connectivity index (χ0n) is 8.78. The van der Waals surface area contributed by atoms with Crippen LogP contribution in [0.1, 0.15) is 17.2 Å². The fraction of sp³-hybridized carbons (Fsp3) is 0.300. The number of hydrogen-bond donors (Lipinski definition) is 3. The van der Waals surface area contributed by atoms with Crippen LogP contribution in [-0.4, -0.2) is 22.2 Å². The molecule has 0 heterocycles. The molecule has 0 saturated carbocycles. The summed E-state index contributed by atoms with van der Waals surface area (Å²) in [5.74, 6) is -3.15. The average molecular weight is 267 g/mol. The van der Waals surface area contributed by atoms with E-state index in [4.69, 9.17) is 10.8 Å². The van der Waals surface area contributed by atoms with Crippen LogP contribution in [-0.2, 0) is 11.0 Å². The van der Waals surface area contributed by atoms with Crippen molar-refractivity contribution in [1.82, 2.24) is 0 Å². The molecule has 100 valence electrons. The molecule has 18 heavy (non-hydrogen) atoms. The highest BCUT2D eigenvalue weighted by Crippen LogP contribution is 2.32. The molecule has 0 fully saturated rings. The van der Waals surface area contributed by atoms with Gasteiger partial charge in [-0.05, 0) is 17.7 Å². The number of alkyl halides is 3. The van der Waals surface area contributed by atoms with Gasteiger partial charge in [0.25, 0.3) is 0 Å². The Morgan fingerprint density at radius 2 is 1.89 bits per heavy atom. The van der Waals surface area contributed by atoms with Crippen LogP contribution >= 0.6 is 0 Å². The number of carbonyl (C=O) groups is 1. The Morgan fingerprint density at radius 3 is 2.28 bits per heavy atom. The van der Waals surface area contributed by atoms with E-state index in [9.17, 15) is 27.5 Å². The largest absolute Gasteiger partial charge is 0.480 e. The lowest BCUT2D eigenvalue weighted by molar-refractivity contribution is -0.142. The van der Waals surface area contributed by atoms with Crippen molar-refractivity contribution < 1.29 is 32.6 Å². The summed E-state index contributed by atoms with van der Waals surface area (Å²) in [6, 6.07) is -0.140. The minimum absolute atomic E-state index is 0.338. The van der Waals surface area contributed by atoms with E-state index >= 15 is 0 Å². The van der Waals surface area contributed by atoms with Crippen LogP contribution in [0.5, 0.6) is 0 Å². The highest BCUT2D eigenvalue weighted by Gasteiger charge is 2.34. The SMILES string of the molecule is NC(C(=O)O)C(O)c1ccc(C(F)(F)F)c(F)c1. The number of rotatable bonds is 3. The van der Waals surface area contributed by atoms with E-state index in [0.29, 0.717) is 12.1 Å². The topological polar surface area (TPSA) is 83.6 Å². The summed E-state index contributed by atoms with van der Waals surface area (Å²) in [6.07, 6.45) is -6.65. The third kappa shape index (κ3) is 2.96. The van der Waals surface area contributed by atoms with Crippen LogP contribution < -0.4 is 5.73 Å². The first kappa shape index (κ1) is 14.4. The summed E-state index contributed by atoms with van der Waals surface area (Å²) in [7, 11) is 0. The Balaban J connectivity index is 3.08. The number of benzene rings is 1. The number of aliphatic hydroxyl groups excluding tert-OH is 1. The minimum atomic E-state index is -4.86. The Hall–Kier alpha value is -1.67. The van der Waals surface area contributed by atoms with Crippen LogP contribution in [0.3, 0.4) is 0 Å². The number of aliphatic hydroxyl groups is 1. The van der Waals surface area contributed by atoms with E-state index in [1.54, 1.807) is 0 Å². The van der Waals surface area contributed by atoms with E-state index in [2.05, 4.69) is 0 Å². The van der Waals surface area contributed by atoms with Gasteiger partial charge in [-0.25, -0.2) is 4.39 Å². The van der Waals surface area contributed by atoms with Crippen LogP contribution in [0.4, 0.5) is 17.6 Å². The molecule has 0 spiro atoms. The molecule has 4 N–H and O–H groups in total. The molecule has 0 aliphatic heterocycles. The van der Waals surface area contributed by atoms with Gasteiger partial charge < -0.3 is 15.9 Å². The van der Waals surface area contributed by atoms with Gasteiger partial charge in [0.2, 0.25) is 0 Å². The monoisotopic (exact) mass is 267 g/mol. The van der Waals surface area contributed by atoms with Gasteiger partial charge in [0.15, 0.2) is 0 Å². The van der Waals surface area contributed by atoms with Crippen molar-refractivity contribution in [2.24, 2.45) is 5.73 Å². The molecule has 8 heteroatoms. The smallest absolute Gasteiger partial charge is 0.419 e. The van der Waals surface area contributed by atoms with E-state index in [-0.39, 0.29) is 5.56 Å². The molecule has 4 nitrogen and oxygen atoms in total. The predicted molar refractivity (Wildman–Crippen MR) is 52.0 cm³/mol. The van der Waals surface area contributed by atoms with Gasteiger partial charge in [-0.15, -0.1) is 0 Å². The van der Waals surface area contributed by atoms with Crippen molar-refractivity contribution in [2.45, 2.75) is 18.3 Å². The van der Waals surface area contributed by atoms with Gasteiger partial charge in [0, 0.05) is 0 Å². The fourth-order valence-corrected chi connectivity index (χ4v) is 1.29. The molecule has 0 bridgehead atoms. The lowest BCUT2D eigenvalue weighted by Crippen LogP contribution is -2.36. The summed E-state index contributed by atoms with van der Waals surface area (Å²) in [4.78, 5) is 10.5. The fourth-order valence-electron chi connectivity index (χ4n) is 1.29. The Bertz CT molecular complexity index is 461. The highest BCUT2D eigenvalue weighted by molar-refractivity contribution is 5.74. The summed E-state index contributed by atoms with van der Waals surface area (Å²) in [6.45, 7) is 0. The number of hydrogen-bond acceptors (Lipinski definition) is 3. The standard InChI is InChI=1S/C10H9F4NO3/c11-6-3-4(8(16)7(15)9(17)18)1-2-5(6)10(12,13)14/h1-3,7-8,16H,15H2,(H,17,18). The minimum Gasteiger partial charge on any atom is -0.480 e. The molecule has 1 rings (SSSR count). The lowest BCUT2D eigenvalue weighted by atomic mass is 10.0. The number of carboxylic acid groups (broad SMARTS) is 1. The summed E-state index contributed by atoms with van der Waals surface area (Å²) in [5.41, 5.74) is 3.24. The van der Waals surface area contributed by atoms with Crippen molar-refractivity contribution in [3.8, 4) is 0 Å². The maximum absolute atomic E-state index is 13.2. The Morgan fingerprint density at radius 1 is 1.33 bits per heavy atom. The number of halogens is 4. The second-order valence-corrected chi connectivity index (χ2v) is 3.55. The zero-order chi connectivity index (χ0) is 14.1. The summed E-state index contributed by atoms with van der Waals surface area (Å²) >= 11 is 0. The third-order valence-electron chi connectivity index (χ3n) is 2.27. The number of nitrogens with two attached hydrogens (primary N) is 1. The average Bonchev–Trinajstić information content (AvgIpc) is 2.24. The van der Waals surface area contributed by atoms with Crippen molar-refractivity contribution in [3.05, 3.63) is 35.1 Å². The number of aliphatic carboxylic acids is 1. The van der Waals surface area contributed by atoms with Crippen LogP contribution in [0.15, 0.2) is 18.2 Å². The Kier molecular flexibility index (Phi) is 3.92. The van der Waals surface area contributed by atoms with E-state index in [1.807, 2.05) is 0 Å². The van der Waals surface area contributed by atoms with Gasteiger partial charge in [0.05, 0.1) is 5.56 Å². The van der Waals surface area contributed by atoms with Gasteiger partial charge in [-0.3, -0.25) is 4.79 Å². The molecule has 0 aliphatic rings. The summed E-state index contributed by atoms with van der Waals surface area (Å²) < 4.78 is 49.9. The highest BCUT2D eigenvalue weighted by atomic mass is 19.4. The van der Waals surface area contributed by atoms with Gasteiger partial charge in [-0.2, -0.15) is 13.2 Å². The van der Waals surface area contributed by atoms with Gasteiger partial charge >= 0.3 is 12.1 Å². The molecule has 1 aromatic carbocycles. The first-order chi connectivity index (χ1) is 8.14. The normalized spacial score (nSPS) is 15.2. The van der Waals surface area contributed by atoms with Crippen molar-refractivity contribution >= 4 is 5.97 Å². The van der Waals surface area contributed by atoms with Crippen molar-refractivity contribution in [2.75, 3.05) is 0 Å². The molecular weight excluding hydrogens is 258 g/mol. The van der Waals surface area contributed by atoms with Gasteiger partial charge in [-0.1, -0.05) is 6.07 Å². The van der Waals surface area contributed by atoms with Gasteiger partial charge in [0.1, 0.15) is 18.0 Å². The second-order valence-electron chi connectivity index (χ2n) is 3.55. The molecule has 0 saturated heterocycles.